The average Bonchev–Trinajstić information content (AvgIpc) is 3.03. The highest BCUT2D eigenvalue weighted by Crippen LogP contribution is 2.50. The van der Waals surface area contributed by atoms with Gasteiger partial charge in [0.15, 0.2) is 5.82 Å². The fourth-order valence-electron chi connectivity index (χ4n) is 4.99. The Balaban J connectivity index is 1.36. The van der Waals surface area contributed by atoms with Crippen molar-refractivity contribution in [1.82, 2.24) is 15.0 Å². The molecule has 2 heterocycles. The fraction of sp³-hybridized carbons (Fsp3) is 0.571. The van der Waals surface area contributed by atoms with E-state index >= 15 is 0 Å². The van der Waals surface area contributed by atoms with Crippen molar-refractivity contribution in [3.05, 3.63) is 46.9 Å². The number of hydrogen-bond acceptors (Lipinski definition) is 5. The minimum Gasteiger partial charge on any atom is -0.339 e. The summed E-state index contributed by atoms with van der Waals surface area (Å²) >= 11 is 0. The number of hydrogen-bond donors (Lipinski definition) is 0. The number of halogens is 1. The molecule has 0 unspecified atom stereocenters. The van der Waals surface area contributed by atoms with E-state index < -0.39 is 0 Å². The summed E-state index contributed by atoms with van der Waals surface area (Å²) in [7, 11) is 0. The first-order chi connectivity index (χ1) is 13.2. The Bertz CT molecular complexity index is 900. The summed E-state index contributed by atoms with van der Waals surface area (Å²) in [5.74, 6) is 2.61. The van der Waals surface area contributed by atoms with Crippen molar-refractivity contribution in [2.45, 2.75) is 50.5 Å². The van der Waals surface area contributed by atoms with Crippen LogP contribution in [0.25, 0.3) is 0 Å². The van der Waals surface area contributed by atoms with Gasteiger partial charge in [-0.05, 0) is 55.7 Å². The zero-order chi connectivity index (χ0) is 18.4. The zero-order valence-corrected chi connectivity index (χ0v) is 15.3. The summed E-state index contributed by atoms with van der Waals surface area (Å²) in [4.78, 5) is 7.06. The van der Waals surface area contributed by atoms with Gasteiger partial charge in [-0.3, -0.25) is 4.90 Å². The summed E-state index contributed by atoms with van der Waals surface area (Å²) in [6, 6.07) is 6.68. The Kier molecular flexibility index (Phi) is 4.01. The van der Waals surface area contributed by atoms with Gasteiger partial charge in [0.05, 0.1) is 17.0 Å². The molecule has 5 nitrogen and oxygen atoms in total. The van der Waals surface area contributed by atoms with Crippen LogP contribution >= 0.6 is 0 Å². The number of aromatic nitrogens is 2. The van der Waals surface area contributed by atoms with Crippen LogP contribution in [0.5, 0.6) is 0 Å². The largest absolute Gasteiger partial charge is 0.339 e. The fourth-order valence-corrected chi connectivity index (χ4v) is 4.99. The lowest BCUT2D eigenvalue weighted by atomic mass is 9.80. The van der Waals surface area contributed by atoms with Crippen LogP contribution in [0.15, 0.2) is 22.7 Å². The Labute approximate surface area is 158 Å². The van der Waals surface area contributed by atoms with E-state index in [9.17, 15) is 4.39 Å². The van der Waals surface area contributed by atoms with Crippen LogP contribution in [0.3, 0.4) is 0 Å². The molecule has 2 aliphatic carbocycles. The third-order valence-corrected chi connectivity index (χ3v) is 6.57. The smallest absolute Gasteiger partial charge is 0.234 e. The number of nitrogens with zero attached hydrogens (tertiary/aromatic N) is 4. The van der Waals surface area contributed by atoms with Crippen LogP contribution in [0.2, 0.25) is 0 Å². The van der Waals surface area contributed by atoms with Crippen LogP contribution in [0, 0.1) is 29.0 Å². The summed E-state index contributed by atoms with van der Waals surface area (Å²) < 4.78 is 20.0. The summed E-state index contributed by atoms with van der Waals surface area (Å²) in [5.41, 5.74) is 1.00. The van der Waals surface area contributed by atoms with Crippen molar-refractivity contribution in [1.29, 1.82) is 5.26 Å². The molecule has 0 N–H and O–H groups in total. The van der Waals surface area contributed by atoms with Gasteiger partial charge in [-0.2, -0.15) is 10.2 Å². The van der Waals surface area contributed by atoms with Gasteiger partial charge in [-0.15, -0.1) is 0 Å². The number of fused-ring (bicyclic) bond motifs is 1. The van der Waals surface area contributed by atoms with E-state index in [-0.39, 0.29) is 11.2 Å². The molecular formula is C21H23FN4O. The van der Waals surface area contributed by atoms with Gasteiger partial charge in [0.2, 0.25) is 5.89 Å². The molecule has 6 heteroatoms. The van der Waals surface area contributed by atoms with E-state index in [0.29, 0.717) is 23.6 Å². The molecule has 2 saturated carbocycles. The molecule has 3 aliphatic rings. The molecule has 0 spiro atoms. The van der Waals surface area contributed by atoms with Crippen LogP contribution in [-0.4, -0.2) is 28.1 Å². The van der Waals surface area contributed by atoms with Crippen molar-refractivity contribution < 1.29 is 8.91 Å². The van der Waals surface area contributed by atoms with Gasteiger partial charge in [-0.1, -0.05) is 11.6 Å². The molecular weight excluding hydrogens is 343 g/mol. The summed E-state index contributed by atoms with van der Waals surface area (Å²) in [6.45, 7) is 2.25. The number of benzene rings is 1. The predicted octanol–water partition coefficient (Wildman–Crippen LogP) is 3.59. The molecule has 140 valence electrons. The highest BCUT2D eigenvalue weighted by atomic mass is 19.1. The molecule has 0 amide bonds. The first-order valence-corrected chi connectivity index (χ1v) is 9.90. The Hall–Kier alpha value is -2.26. The lowest BCUT2D eigenvalue weighted by molar-refractivity contribution is 0.243. The molecule has 0 radical (unpaired) electrons. The van der Waals surface area contributed by atoms with Crippen LogP contribution in [-0.2, 0) is 18.4 Å². The second-order valence-electron chi connectivity index (χ2n) is 8.50. The Morgan fingerprint density at radius 1 is 1.33 bits per heavy atom. The highest BCUT2D eigenvalue weighted by Gasteiger charge is 2.54. The van der Waals surface area contributed by atoms with Crippen molar-refractivity contribution >= 4 is 0 Å². The first-order valence-electron chi connectivity index (χ1n) is 9.90. The molecule has 1 aliphatic heterocycles. The lowest BCUT2D eigenvalue weighted by Crippen LogP contribution is -2.32. The molecule has 1 saturated heterocycles. The molecule has 27 heavy (non-hydrogen) atoms. The van der Waals surface area contributed by atoms with Crippen LogP contribution in [0.1, 0.15) is 54.9 Å². The second-order valence-corrected chi connectivity index (χ2v) is 8.50. The molecule has 5 rings (SSSR count). The SMILES string of the molecule is N#Cc1ccc(F)c(CN2C[C@H]3CCC[C@@]3(c3nc(CC4CC4)no3)C2)c1. The Morgan fingerprint density at radius 3 is 3.04 bits per heavy atom. The van der Waals surface area contributed by atoms with Gasteiger partial charge >= 0.3 is 0 Å². The van der Waals surface area contributed by atoms with Crippen molar-refractivity contribution in [2.75, 3.05) is 13.1 Å². The van der Waals surface area contributed by atoms with E-state index in [4.69, 9.17) is 14.8 Å². The minimum absolute atomic E-state index is 0.0852. The number of likely N-dealkylation sites (tertiary alicyclic amines) is 1. The minimum atomic E-state index is -0.246. The van der Waals surface area contributed by atoms with Gasteiger partial charge in [0.1, 0.15) is 5.82 Å². The molecule has 3 fully saturated rings. The number of nitriles is 1. The number of rotatable bonds is 5. The molecule has 1 aromatic carbocycles. The van der Waals surface area contributed by atoms with E-state index in [1.54, 1.807) is 6.07 Å². The highest BCUT2D eigenvalue weighted by molar-refractivity contribution is 5.34. The average molecular weight is 366 g/mol. The maximum absolute atomic E-state index is 14.2. The third-order valence-electron chi connectivity index (χ3n) is 6.57. The molecule has 2 atom stereocenters. The maximum atomic E-state index is 14.2. The second kappa shape index (κ2) is 6.42. The van der Waals surface area contributed by atoms with Gasteiger partial charge < -0.3 is 4.52 Å². The zero-order valence-electron chi connectivity index (χ0n) is 15.3. The monoisotopic (exact) mass is 366 g/mol. The van der Waals surface area contributed by atoms with E-state index in [2.05, 4.69) is 16.1 Å². The maximum Gasteiger partial charge on any atom is 0.234 e. The predicted molar refractivity (Wildman–Crippen MR) is 96.1 cm³/mol. The standard InChI is InChI=1S/C21H23FN4O/c22-18-6-5-15(10-23)8-16(18)11-26-12-17-2-1-7-21(17,13-26)20-24-19(25-27-20)9-14-3-4-14/h5-6,8,14,17H,1-4,7,9,11-13H2/t17-,21-/m1/s1. The van der Waals surface area contributed by atoms with Gasteiger partial charge in [0, 0.05) is 31.6 Å². The third kappa shape index (κ3) is 3.04. The van der Waals surface area contributed by atoms with E-state index in [1.165, 1.54) is 31.4 Å². The first kappa shape index (κ1) is 16.9. The van der Waals surface area contributed by atoms with Crippen LogP contribution < -0.4 is 0 Å². The quantitative estimate of drug-likeness (QED) is 0.809. The topological polar surface area (TPSA) is 66.0 Å². The lowest BCUT2D eigenvalue weighted by Gasteiger charge is -2.24. The van der Waals surface area contributed by atoms with E-state index in [0.717, 1.165) is 50.0 Å². The Morgan fingerprint density at radius 2 is 2.22 bits per heavy atom. The summed E-state index contributed by atoms with van der Waals surface area (Å²) in [6.07, 6.45) is 6.87. The summed E-state index contributed by atoms with van der Waals surface area (Å²) in [5, 5.41) is 13.3. The van der Waals surface area contributed by atoms with Crippen LogP contribution in [0.4, 0.5) is 4.39 Å². The molecule has 2 aromatic rings. The van der Waals surface area contributed by atoms with E-state index in [1.807, 2.05) is 0 Å². The molecule has 0 bridgehead atoms. The van der Waals surface area contributed by atoms with Crippen molar-refractivity contribution in [3.8, 4) is 6.07 Å². The normalized spacial score (nSPS) is 27.6. The van der Waals surface area contributed by atoms with Gasteiger partial charge in [-0.25, -0.2) is 4.39 Å². The van der Waals surface area contributed by atoms with Crippen molar-refractivity contribution in [2.24, 2.45) is 11.8 Å². The van der Waals surface area contributed by atoms with Gasteiger partial charge in [0.25, 0.3) is 0 Å². The van der Waals surface area contributed by atoms with Crippen molar-refractivity contribution in [3.63, 3.8) is 0 Å². The molecule has 1 aromatic heterocycles.